The van der Waals surface area contributed by atoms with Gasteiger partial charge in [0.2, 0.25) is 0 Å². The van der Waals surface area contributed by atoms with Crippen molar-refractivity contribution in [1.29, 1.82) is 0 Å². The van der Waals surface area contributed by atoms with Crippen molar-refractivity contribution < 1.29 is 0 Å². The predicted octanol–water partition coefficient (Wildman–Crippen LogP) is 2.59. The second-order valence-corrected chi connectivity index (χ2v) is 4.91. The number of hydrogen-bond acceptors (Lipinski definition) is 4. The van der Waals surface area contributed by atoms with Crippen LogP contribution in [0.15, 0.2) is 30.5 Å². The number of aryl methyl sites for hydroxylation is 2. The number of nitrogens with zero attached hydrogens (tertiary/aromatic N) is 4. The van der Waals surface area contributed by atoms with Crippen molar-refractivity contribution in [2.75, 3.05) is 5.32 Å². The van der Waals surface area contributed by atoms with Gasteiger partial charge >= 0.3 is 0 Å². The van der Waals surface area contributed by atoms with Crippen LogP contribution >= 0.6 is 0 Å². The van der Waals surface area contributed by atoms with Gasteiger partial charge in [0.15, 0.2) is 5.82 Å². The Morgan fingerprint density at radius 3 is 2.75 bits per heavy atom. The Morgan fingerprint density at radius 2 is 2.00 bits per heavy atom. The van der Waals surface area contributed by atoms with Crippen molar-refractivity contribution in [3.63, 3.8) is 0 Å². The van der Waals surface area contributed by atoms with Crippen molar-refractivity contribution in [1.82, 2.24) is 20.0 Å². The minimum Gasteiger partial charge on any atom is -0.364 e. The van der Waals surface area contributed by atoms with Gasteiger partial charge in [0.1, 0.15) is 0 Å². The molecule has 5 heteroatoms. The molecule has 0 aliphatic rings. The fourth-order valence-electron chi connectivity index (χ4n) is 2.40. The number of rotatable bonds is 3. The van der Waals surface area contributed by atoms with E-state index in [2.05, 4.69) is 33.6 Å². The first-order valence-electron chi connectivity index (χ1n) is 6.60. The number of fused-ring (bicyclic) bond motifs is 1. The fourth-order valence-corrected chi connectivity index (χ4v) is 2.40. The van der Waals surface area contributed by atoms with Crippen LogP contribution in [0, 0.1) is 13.8 Å². The summed E-state index contributed by atoms with van der Waals surface area (Å²) in [4.78, 5) is 0. The summed E-state index contributed by atoms with van der Waals surface area (Å²) in [5, 5.41) is 18.2. The topological polar surface area (TPSA) is 55.6 Å². The Bertz CT molecular complexity index is 755. The molecule has 0 aliphatic carbocycles. The van der Waals surface area contributed by atoms with Crippen LogP contribution in [-0.4, -0.2) is 20.0 Å². The zero-order chi connectivity index (χ0) is 14.1. The van der Waals surface area contributed by atoms with Crippen LogP contribution in [0.25, 0.3) is 10.8 Å². The fraction of sp³-hybridized carbons (Fsp3) is 0.267. The molecule has 0 unspecified atom stereocenters. The van der Waals surface area contributed by atoms with Crippen molar-refractivity contribution in [2.45, 2.75) is 20.4 Å². The standard InChI is InChI=1S/C15H17N5/c1-10-14(11(2)20(3)19-10)9-16-15-13-7-5-4-6-12(13)8-17-18-15/h4-8H,9H2,1-3H3,(H,16,18). The van der Waals surface area contributed by atoms with Crippen LogP contribution in [0.4, 0.5) is 5.82 Å². The van der Waals surface area contributed by atoms with E-state index in [1.165, 1.54) is 11.3 Å². The van der Waals surface area contributed by atoms with Gasteiger partial charge in [-0.15, -0.1) is 5.10 Å². The summed E-state index contributed by atoms with van der Waals surface area (Å²) < 4.78 is 1.90. The van der Waals surface area contributed by atoms with Gasteiger partial charge in [0.25, 0.3) is 0 Å². The minimum absolute atomic E-state index is 0.703. The first kappa shape index (κ1) is 12.6. The molecule has 0 fully saturated rings. The molecule has 0 bridgehead atoms. The van der Waals surface area contributed by atoms with E-state index in [9.17, 15) is 0 Å². The van der Waals surface area contributed by atoms with E-state index in [0.717, 1.165) is 22.3 Å². The van der Waals surface area contributed by atoms with Gasteiger partial charge in [0, 0.05) is 35.6 Å². The lowest BCUT2D eigenvalue weighted by Gasteiger charge is -2.08. The summed E-state index contributed by atoms with van der Waals surface area (Å²) >= 11 is 0. The second-order valence-electron chi connectivity index (χ2n) is 4.91. The molecule has 1 aromatic carbocycles. The van der Waals surface area contributed by atoms with Gasteiger partial charge in [-0.2, -0.15) is 10.2 Å². The SMILES string of the molecule is Cc1nn(C)c(C)c1CNc1nncc2ccccc12. The van der Waals surface area contributed by atoms with Crippen LogP contribution in [0.3, 0.4) is 0 Å². The van der Waals surface area contributed by atoms with Crippen LogP contribution in [0.5, 0.6) is 0 Å². The number of nitrogens with one attached hydrogen (secondary N) is 1. The lowest BCUT2D eigenvalue weighted by atomic mass is 10.1. The Morgan fingerprint density at radius 1 is 1.20 bits per heavy atom. The maximum absolute atomic E-state index is 4.43. The third kappa shape index (κ3) is 2.11. The first-order valence-corrected chi connectivity index (χ1v) is 6.60. The monoisotopic (exact) mass is 267 g/mol. The van der Waals surface area contributed by atoms with Crippen molar-refractivity contribution in [2.24, 2.45) is 7.05 Å². The van der Waals surface area contributed by atoms with E-state index < -0.39 is 0 Å². The average Bonchev–Trinajstić information content (AvgIpc) is 2.70. The van der Waals surface area contributed by atoms with Crippen LogP contribution in [0.1, 0.15) is 17.0 Å². The van der Waals surface area contributed by atoms with Gasteiger partial charge in [-0.25, -0.2) is 0 Å². The summed E-state index contributed by atoms with van der Waals surface area (Å²) in [7, 11) is 1.96. The van der Waals surface area contributed by atoms with Crippen LogP contribution in [-0.2, 0) is 13.6 Å². The van der Waals surface area contributed by atoms with E-state index in [1.54, 1.807) is 6.20 Å². The van der Waals surface area contributed by atoms with Crippen molar-refractivity contribution in [3.8, 4) is 0 Å². The summed E-state index contributed by atoms with van der Waals surface area (Å²) in [5.74, 6) is 0.811. The van der Waals surface area contributed by atoms with Crippen molar-refractivity contribution in [3.05, 3.63) is 47.4 Å². The summed E-state index contributed by atoms with van der Waals surface area (Å²) in [6.07, 6.45) is 1.78. The smallest absolute Gasteiger partial charge is 0.156 e. The number of hydrogen-bond donors (Lipinski definition) is 1. The van der Waals surface area contributed by atoms with Gasteiger partial charge in [-0.05, 0) is 13.8 Å². The van der Waals surface area contributed by atoms with Crippen LogP contribution < -0.4 is 5.32 Å². The molecular weight excluding hydrogens is 250 g/mol. The summed E-state index contributed by atoms with van der Waals surface area (Å²) in [5.41, 5.74) is 3.43. The lowest BCUT2D eigenvalue weighted by molar-refractivity contribution is 0.730. The minimum atomic E-state index is 0.703. The zero-order valence-electron chi connectivity index (χ0n) is 11.9. The molecule has 102 valence electrons. The number of aromatic nitrogens is 4. The molecule has 20 heavy (non-hydrogen) atoms. The normalized spacial score (nSPS) is 10.9. The third-order valence-electron chi connectivity index (χ3n) is 3.66. The molecule has 2 aromatic heterocycles. The molecule has 3 aromatic rings. The lowest BCUT2D eigenvalue weighted by Crippen LogP contribution is -2.05. The maximum atomic E-state index is 4.43. The van der Waals surface area contributed by atoms with E-state index >= 15 is 0 Å². The predicted molar refractivity (Wildman–Crippen MR) is 79.5 cm³/mol. The Hall–Kier alpha value is -2.43. The summed E-state index contributed by atoms with van der Waals surface area (Å²) in [6, 6.07) is 8.10. The highest BCUT2D eigenvalue weighted by molar-refractivity contribution is 5.90. The highest BCUT2D eigenvalue weighted by atomic mass is 15.3. The number of anilines is 1. The largest absolute Gasteiger partial charge is 0.364 e. The maximum Gasteiger partial charge on any atom is 0.156 e. The first-order chi connectivity index (χ1) is 9.66. The Balaban J connectivity index is 1.91. The van der Waals surface area contributed by atoms with Gasteiger partial charge in [-0.3, -0.25) is 4.68 Å². The molecule has 0 atom stereocenters. The Kier molecular flexibility index (Phi) is 3.10. The van der Waals surface area contributed by atoms with Crippen molar-refractivity contribution >= 4 is 16.6 Å². The van der Waals surface area contributed by atoms with E-state index in [4.69, 9.17) is 0 Å². The molecule has 5 nitrogen and oxygen atoms in total. The van der Waals surface area contributed by atoms with E-state index in [0.29, 0.717) is 6.54 Å². The highest BCUT2D eigenvalue weighted by Gasteiger charge is 2.10. The molecule has 0 radical (unpaired) electrons. The van der Waals surface area contributed by atoms with E-state index in [1.807, 2.05) is 36.9 Å². The average molecular weight is 267 g/mol. The van der Waals surface area contributed by atoms with Gasteiger partial charge in [-0.1, -0.05) is 24.3 Å². The molecule has 0 saturated heterocycles. The highest BCUT2D eigenvalue weighted by Crippen LogP contribution is 2.21. The summed E-state index contributed by atoms with van der Waals surface area (Å²) in [6.45, 7) is 4.80. The quantitative estimate of drug-likeness (QED) is 0.792. The molecule has 0 aliphatic heterocycles. The Labute approximate surface area is 117 Å². The van der Waals surface area contributed by atoms with Gasteiger partial charge in [0.05, 0.1) is 11.9 Å². The van der Waals surface area contributed by atoms with Crippen LogP contribution in [0.2, 0.25) is 0 Å². The van der Waals surface area contributed by atoms with E-state index in [-0.39, 0.29) is 0 Å². The zero-order valence-corrected chi connectivity index (χ0v) is 11.9. The molecule has 0 spiro atoms. The third-order valence-corrected chi connectivity index (χ3v) is 3.66. The molecule has 1 N–H and O–H groups in total. The second kappa shape index (κ2) is 4.92. The number of benzene rings is 1. The molecule has 3 rings (SSSR count). The molecule has 0 saturated carbocycles. The molecule has 2 heterocycles. The molecular formula is C15H17N5. The molecule has 0 amide bonds. The van der Waals surface area contributed by atoms with Gasteiger partial charge < -0.3 is 5.32 Å².